The molecule has 1 aliphatic rings. The summed E-state index contributed by atoms with van der Waals surface area (Å²) < 4.78 is 0. The molecule has 0 spiro atoms. The number of hydrogen-bond acceptors (Lipinski definition) is 5. The van der Waals surface area contributed by atoms with E-state index < -0.39 is 0 Å². The first kappa shape index (κ1) is 19.8. The van der Waals surface area contributed by atoms with Crippen LogP contribution in [0.1, 0.15) is 23.7 Å². The molecule has 0 atom stereocenters. The van der Waals surface area contributed by atoms with Crippen LogP contribution in [0.5, 0.6) is 0 Å². The standard InChI is InChI=1S/C19H27N5OS2/c1-4-20-19(24-11-9-23(10-12-24)15(3)25)21-8-7-16-5-6-18(27-16)17-13-26-14(2)22-17/h5-6,13H,4,7-12H2,1-3H3,(H,20,21). The van der Waals surface area contributed by atoms with Gasteiger partial charge in [-0.25, -0.2) is 4.98 Å². The highest BCUT2D eigenvalue weighted by atomic mass is 32.1. The normalized spacial score (nSPS) is 15.3. The van der Waals surface area contributed by atoms with Crippen LogP contribution in [-0.4, -0.2) is 65.9 Å². The van der Waals surface area contributed by atoms with Gasteiger partial charge in [-0.05, 0) is 26.0 Å². The van der Waals surface area contributed by atoms with Crippen molar-refractivity contribution in [2.45, 2.75) is 27.2 Å². The first-order valence-electron chi connectivity index (χ1n) is 9.36. The maximum absolute atomic E-state index is 11.5. The number of thiazole rings is 1. The lowest BCUT2D eigenvalue weighted by Gasteiger charge is -2.36. The number of guanidine groups is 1. The van der Waals surface area contributed by atoms with E-state index in [-0.39, 0.29) is 5.91 Å². The fourth-order valence-electron chi connectivity index (χ4n) is 3.06. The van der Waals surface area contributed by atoms with Crippen molar-refractivity contribution in [2.75, 3.05) is 39.3 Å². The summed E-state index contributed by atoms with van der Waals surface area (Å²) in [7, 11) is 0. The third-order valence-corrected chi connectivity index (χ3v) is 6.45. The molecule has 0 aromatic carbocycles. The van der Waals surface area contributed by atoms with Gasteiger partial charge < -0.3 is 15.1 Å². The van der Waals surface area contributed by atoms with Crippen LogP contribution >= 0.6 is 22.7 Å². The molecule has 1 aliphatic heterocycles. The summed E-state index contributed by atoms with van der Waals surface area (Å²) in [4.78, 5) is 27.6. The second-order valence-electron chi connectivity index (χ2n) is 6.50. The summed E-state index contributed by atoms with van der Waals surface area (Å²) in [6.07, 6.45) is 0.927. The highest BCUT2D eigenvalue weighted by molar-refractivity contribution is 7.16. The zero-order valence-corrected chi connectivity index (χ0v) is 17.8. The van der Waals surface area contributed by atoms with Gasteiger partial charge in [0.05, 0.1) is 15.6 Å². The molecule has 0 radical (unpaired) electrons. The Bertz CT molecular complexity index is 790. The van der Waals surface area contributed by atoms with Crippen LogP contribution in [0.4, 0.5) is 0 Å². The Labute approximate surface area is 168 Å². The summed E-state index contributed by atoms with van der Waals surface area (Å²) in [6.45, 7) is 10.6. The van der Waals surface area contributed by atoms with Gasteiger partial charge in [-0.2, -0.15) is 0 Å². The van der Waals surface area contributed by atoms with Crippen LogP contribution in [0.3, 0.4) is 0 Å². The zero-order chi connectivity index (χ0) is 19.2. The molecular formula is C19H27N5OS2. The van der Waals surface area contributed by atoms with Gasteiger partial charge in [0, 0.05) is 62.9 Å². The van der Waals surface area contributed by atoms with Gasteiger partial charge in [0.1, 0.15) is 0 Å². The molecule has 0 saturated carbocycles. The number of aromatic nitrogens is 1. The molecule has 146 valence electrons. The van der Waals surface area contributed by atoms with Gasteiger partial charge >= 0.3 is 0 Å². The number of nitrogens with one attached hydrogen (secondary N) is 1. The third kappa shape index (κ3) is 5.29. The molecule has 1 fully saturated rings. The Morgan fingerprint density at radius 2 is 2.00 bits per heavy atom. The second-order valence-corrected chi connectivity index (χ2v) is 8.73. The predicted octanol–water partition coefficient (Wildman–Crippen LogP) is 2.85. The summed E-state index contributed by atoms with van der Waals surface area (Å²) in [5.74, 6) is 1.10. The Hall–Kier alpha value is -1.93. The Morgan fingerprint density at radius 3 is 2.63 bits per heavy atom. The van der Waals surface area contributed by atoms with Gasteiger partial charge in [0.25, 0.3) is 0 Å². The molecule has 1 N–H and O–H groups in total. The van der Waals surface area contributed by atoms with E-state index >= 15 is 0 Å². The van der Waals surface area contributed by atoms with Crippen LogP contribution in [0.2, 0.25) is 0 Å². The molecule has 2 aromatic heterocycles. The van der Waals surface area contributed by atoms with Crippen LogP contribution in [0, 0.1) is 6.92 Å². The maximum Gasteiger partial charge on any atom is 0.219 e. The lowest BCUT2D eigenvalue weighted by molar-refractivity contribution is -0.130. The van der Waals surface area contributed by atoms with E-state index in [4.69, 9.17) is 4.99 Å². The van der Waals surface area contributed by atoms with E-state index in [0.29, 0.717) is 0 Å². The first-order chi connectivity index (χ1) is 13.1. The second kappa shape index (κ2) is 9.32. The number of aliphatic imine (C=N–C) groups is 1. The number of rotatable bonds is 5. The number of amides is 1. The van der Waals surface area contributed by atoms with Crippen molar-refractivity contribution in [3.8, 4) is 10.6 Å². The fourth-order valence-corrected chi connectivity index (χ4v) is 4.70. The molecule has 0 aliphatic carbocycles. The lowest BCUT2D eigenvalue weighted by atomic mass is 10.3. The van der Waals surface area contributed by atoms with E-state index in [9.17, 15) is 4.79 Å². The molecule has 1 saturated heterocycles. The van der Waals surface area contributed by atoms with Crippen molar-refractivity contribution in [1.82, 2.24) is 20.1 Å². The molecule has 27 heavy (non-hydrogen) atoms. The minimum absolute atomic E-state index is 0.153. The van der Waals surface area contributed by atoms with Crippen molar-refractivity contribution >= 4 is 34.5 Å². The van der Waals surface area contributed by atoms with Crippen molar-refractivity contribution < 1.29 is 4.79 Å². The number of piperazine rings is 1. The minimum atomic E-state index is 0.153. The molecule has 3 heterocycles. The zero-order valence-electron chi connectivity index (χ0n) is 16.2. The highest BCUT2D eigenvalue weighted by Gasteiger charge is 2.20. The average molecular weight is 406 g/mol. The van der Waals surface area contributed by atoms with Crippen molar-refractivity contribution in [2.24, 2.45) is 4.99 Å². The van der Waals surface area contributed by atoms with E-state index in [1.165, 1.54) is 9.75 Å². The van der Waals surface area contributed by atoms with Crippen LogP contribution < -0.4 is 5.32 Å². The highest BCUT2D eigenvalue weighted by Crippen LogP contribution is 2.29. The van der Waals surface area contributed by atoms with Gasteiger partial charge in [0.2, 0.25) is 5.91 Å². The van der Waals surface area contributed by atoms with E-state index in [2.05, 4.69) is 39.6 Å². The quantitative estimate of drug-likeness (QED) is 0.614. The molecular weight excluding hydrogens is 378 g/mol. The SMILES string of the molecule is CCNC(=NCCc1ccc(-c2csc(C)n2)s1)N1CCN(C(C)=O)CC1. The topological polar surface area (TPSA) is 60.8 Å². The maximum atomic E-state index is 11.5. The van der Waals surface area contributed by atoms with Gasteiger partial charge in [0.15, 0.2) is 5.96 Å². The minimum Gasteiger partial charge on any atom is -0.357 e. The molecule has 3 rings (SSSR count). The summed E-state index contributed by atoms with van der Waals surface area (Å²) in [5.41, 5.74) is 1.08. The van der Waals surface area contributed by atoms with Gasteiger partial charge in [-0.3, -0.25) is 9.79 Å². The molecule has 6 nitrogen and oxygen atoms in total. The average Bonchev–Trinajstić information content (AvgIpc) is 3.30. The van der Waals surface area contributed by atoms with Crippen molar-refractivity contribution in [3.05, 3.63) is 27.4 Å². The molecule has 1 amide bonds. The van der Waals surface area contributed by atoms with E-state index in [1.54, 1.807) is 29.6 Å². The molecule has 2 aromatic rings. The number of carbonyl (C=O) groups excluding carboxylic acids is 1. The van der Waals surface area contributed by atoms with Crippen LogP contribution in [0.15, 0.2) is 22.5 Å². The van der Waals surface area contributed by atoms with Crippen LogP contribution in [-0.2, 0) is 11.2 Å². The lowest BCUT2D eigenvalue weighted by Crippen LogP contribution is -2.53. The molecule has 0 unspecified atom stereocenters. The Morgan fingerprint density at radius 1 is 1.26 bits per heavy atom. The number of hydrogen-bond donors (Lipinski definition) is 1. The van der Waals surface area contributed by atoms with E-state index in [0.717, 1.165) is 62.4 Å². The van der Waals surface area contributed by atoms with Crippen molar-refractivity contribution in [3.63, 3.8) is 0 Å². The monoisotopic (exact) mass is 405 g/mol. The van der Waals surface area contributed by atoms with Gasteiger partial charge in [-0.15, -0.1) is 22.7 Å². The number of aryl methyl sites for hydroxylation is 1. The molecule has 8 heteroatoms. The Balaban J connectivity index is 1.56. The first-order valence-corrected chi connectivity index (χ1v) is 11.1. The number of nitrogens with zero attached hydrogens (tertiary/aromatic N) is 4. The smallest absolute Gasteiger partial charge is 0.219 e. The summed E-state index contributed by atoms with van der Waals surface area (Å²) in [6, 6.07) is 4.34. The van der Waals surface area contributed by atoms with Crippen molar-refractivity contribution in [1.29, 1.82) is 0 Å². The van der Waals surface area contributed by atoms with Gasteiger partial charge in [-0.1, -0.05) is 0 Å². The number of carbonyl (C=O) groups is 1. The number of thiophene rings is 1. The summed E-state index contributed by atoms with van der Waals surface area (Å²) >= 11 is 3.49. The summed E-state index contributed by atoms with van der Waals surface area (Å²) in [5, 5.41) is 6.60. The largest absolute Gasteiger partial charge is 0.357 e. The predicted molar refractivity (Wildman–Crippen MR) is 114 cm³/mol. The van der Waals surface area contributed by atoms with Crippen LogP contribution in [0.25, 0.3) is 10.6 Å². The third-order valence-electron chi connectivity index (χ3n) is 4.51. The Kier molecular flexibility index (Phi) is 6.84. The molecule has 0 bridgehead atoms. The van der Waals surface area contributed by atoms with E-state index in [1.807, 2.05) is 11.8 Å². The fraction of sp³-hybridized carbons (Fsp3) is 0.526.